The summed E-state index contributed by atoms with van der Waals surface area (Å²) in [6.45, 7) is 8.48. The minimum Gasteiger partial charge on any atom is -0.444 e. The quantitative estimate of drug-likeness (QED) is 0.694. The van der Waals surface area contributed by atoms with Crippen LogP contribution in [-0.4, -0.2) is 51.0 Å². The smallest absolute Gasteiger partial charge is 0.410 e. The fourth-order valence-corrected chi connectivity index (χ4v) is 4.67. The number of hydrogen-bond donors (Lipinski definition) is 0. The van der Waals surface area contributed by atoms with Crippen molar-refractivity contribution in [3.05, 3.63) is 29.8 Å². The number of piperidine rings is 1. The van der Waals surface area contributed by atoms with E-state index in [1.165, 1.54) is 12.7 Å². The number of likely N-dealkylation sites (tertiary alicyclic amines) is 1. The molecule has 162 valence electrons. The predicted octanol–water partition coefficient (Wildman–Crippen LogP) is 3.89. The van der Waals surface area contributed by atoms with Crippen molar-refractivity contribution >= 4 is 15.9 Å². The van der Waals surface area contributed by atoms with Gasteiger partial charge in [0, 0.05) is 19.3 Å². The molecule has 1 heterocycles. The van der Waals surface area contributed by atoms with Gasteiger partial charge in [-0.1, -0.05) is 12.1 Å². The summed E-state index contributed by atoms with van der Waals surface area (Å²) in [4.78, 5) is 14.3. The van der Waals surface area contributed by atoms with Crippen LogP contribution < -0.4 is 0 Å². The van der Waals surface area contributed by atoms with Gasteiger partial charge >= 0.3 is 6.09 Å². The number of sulfone groups is 1. The highest BCUT2D eigenvalue weighted by Gasteiger charge is 2.44. The highest BCUT2D eigenvalue weighted by molar-refractivity contribution is 7.90. The third kappa shape index (κ3) is 6.44. The third-order valence-corrected chi connectivity index (χ3v) is 6.85. The lowest BCUT2D eigenvalue weighted by Crippen LogP contribution is -2.42. The minimum atomic E-state index is -3.16. The summed E-state index contributed by atoms with van der Waals surface area (Å²) in [5.41, 5.74) is 0.540. The summed E-state index contributed by atoms with van der Waals surface area (Å²) >= 11 is 0. The van der Waals surface area contributed by atoms with Crippen molar-refractivity contribution in [2.75, 3.05) is 26.0 Å². The molecular weight excluding hydrogens is 390 g/mol. The molecule has 0 aromatic heterocycles. The van der Waals surface area contributed by atoms with Crippen LogP contribution in [0.1, 0.15) is 45.6 Å². The van der Waals surface area contributed by atoms with E-state index in [1.807, 2.05) is 37.8 Å². The van der Waals surface area contributed by atoms with Crippen LogP contribution in [0.5, 0.6) is 0 Å². The highest BCUT2D eigenvalue weighted by atomic mass is 32.2. The Morgan fingerprint density at radius 3 is 2.31 bits per heavy atom. The van der Waals surface area contributed by atoms with Crippen molar-refractivity contribution in [2.24, 2.45) is 17.8 Å². The zero-order valence-corrected chi connectivity index (χ0v) is 18.7. The molecule has 1 aliphatic heterocycles. The van der Waals surface area contributed by atoms with Gasteiger partial charge in [0.2, 0.25) is 0 Å². The maximum absolute atomic E-state index is 12.2. The number of benzene rings is 1. The topological polar surface area (TPSA) is 72.9 Å². The van der Waals surface area contributed by atoms with E-state index in [1.54, 1.807) is 12.1 Å². The fraction of sp³-hybridized carbons (Fsp3) is 0.682. The van der Waals surface area contributed by atoms with E-state index in [2.05, 4.69) is 0 Å². The van der Waals surface area contributed by atoms with Gasteiger partial charge in [0.05, 0.1) is 18.1 Å². The molecule has 0 spiro atoms. The van der Waals surface area contributed by atoms with Crippen molar-refractivity contribution in [1.82, 2.24) is 4.90 Å². The number of nitrogens with zero attached hydrogens (tertiary/aromatic N) is 1. The normalized spacial score (nSPS) is 23.1. The van der Waals surface area contributed by atoms with Gasteiger partial charge in [0.25, 0.3) is 0 Å². The second-order valence-electron chi connectivity index (χ2n) is 9.40. The van der Waals surface area contributed by atoms with Gasteiger partial charge in [-0.2, -0.15) is 0 Å². The molecule has 1 aromatic carbocycles. The molecule has 0 unspecified atom stereocenters. The largest absolute Gasteiger partial charge is 0.444 e. The van der Waals surface area contributed by atoms with E-state index in [-0.39, 0.29) is 6.09 Å². The average Bonchev–Trinajstić information content (AvgIpc) is 3.40. The number of hydrogen-bond acceptors (Lipinski definition) is 5. The van der Waals surface area contributed by atoms with Crippen LogP contribution in [0.25, 0.3) is 0 Å². The number of ether oxygens (including phenoxy) is 2. The van der Waals surface area contributed by atoms with Crippen LogP contribution in [0.3, 0.4) is 0 Å². The standard InChI is InChI=1S/C22H33NO5S/c1-22(2,3)28-21(24)23-11-9-17(10-12-23)20-13-18(20)15-27-14-16-5-7-19(8-6-16)29(4,25)26/h5-8,17-18,20H,9-15H2,1-4H3/t18-,20+/m0/s1. The Kier molecular flexibility index (Phi) is 6.58. The zero-order chi connectivity index (χ0) is 21.2. The van der Waals surface area contributed by atoms with E-state index in [4.69, 9.17) is 9.47 Å². The van der Waals surface area contributed by atoms with Crippen LogP contribution in [0.4, 0.5) is 4.79 Å². The van der Waals surface area contributed by atoms with Gasteiger partial charge in [-0.25, -0.2) is 13.2 Å². The minimum absolute atomic E-state index is 0.200. The Hall–Kier alpha value is -1.60. The van der Waals surface area contributed by atoms with E-state index < -0.39 is 15.4 Å². The molecule has 0 radical (unpaired) electrons. The monoisotopic (exact) mass is 423 g/mol. The second kappa shape index (κ2) is 8.64. The molecule has 1 aromatic rings. The summed E-state index contributed by atoms with van der Waals surface area (Å²) in [5, 5.41) is 0. The molecule has 0 bridgehead atoms. The molecule has 1 saturated heterocycles. The van der Waals surface area contributed by atoms with Crippen molar-refractivity contribution in [2.45, 2.75) is 57.1 Å². The van der Waals surface area contributed by atoms with Gasteiger partial charge in [-0.05, 0) is 75.5 Å². The number of amides is 1. The van der Waals surface area contributed by atoms with Crippen LogP contribution in [0, 0.1) is 17.8 Å². The summed E-state index contributed by atoms with van der Waals surface area (Å²) in [5.74, 6) is 1.96. The van der Waals surface area contributed by atoms with Gasteiger partial charge < -0.3 is 14.4 Å². The lowest BCUT2D eigenvalue weighted by atomic mass is 9.91. The highest BCUT2D eigenvalue weighted by Crippen LogP contribution is 2.48. The van der Waals surface area contributed by atoms with E-state index in [9.17, 15) is 13.2 Å². The third-order valence-electron chi connectivity index (χ3n) is 5.73. The maximum Gasteiger partial charge on any atom is 0.410 e. The van der Waals surface area contributed by atoms with Crippen molar-refractivity contribution in [1.29, 1.82) is 0 Å². The molecular formula is C22H33NO5S. The van der Waals surface area contributed by atoms with Crippen LogP contribution in [0.2, 0.25) is 0 Å². The van der Waals surface area contributed by atoms with Gasteiger partial charge in [-0.15, -0.1) is 0 Å². The molecule has 6 nitrogen and oxygen atoms in total. The Morgan fingerprint density at radius 1 is 1.14 bits per heavy atom. The molecule has 1 amide bonds. The zero-order valence-electron chi connectivity index (χ0n) is 17.9. The van der Waals surface area contributed by atoms with Gasteiger partial charge in [0.15, 0.2) is 9.84 Å². The molecule has 2 fully saturated rings. The summed E-state index contributed by atoms with van der Waals surface area (Å²) in [6, 6.07) is 6.89. The Labute approximate surface area is 174 Å². The van der Waals surface area contributed by atoms with E-state index in [0.717, 1.165) is 38.1 Å². The number of carbonyl (C=O) groups excluding carboxylic acids is 1. The lowest BCUT2D eigenvalue weighted by Gasteiger charge is -2.33. The predicted molar refractivity (Wildman–Crippen MR) is 111 cm³/mol. The molecule has 1 aliphatic carbocycles. The SMILES string of the molecule is CC(C)(C)OC(=O)N1CCC([C@H]2C[C@H]2COCc2ccc(S(C)(=O)=O)cc2)CC1. The number of rotatable bonds is 6. The summed E-state index contributed by atoms with van der Waals surface area (Å²) in [6.07, 6.45) is 4.28. The molecule has 2 atom stereocenters. The number of carbonyl (C=O) groups is 1. The van der Waals surface area contributed by atoms with Gasteiger partial charge in [0.1, 0.15) is 5.60 Å². The van der Waals surface area contributed by atoms with Crippen molar-refractivity contribution in [3.8, 4) is 0 Å². The van der Waals surface area contributed by atoms with Crippen LogP contribution in [-0.2, 0) is 25.9 Å². The Bertz CT molecular complexity index is 805. The first-order chi connectivity index (χ1) is 13.5. The molecule has 7 heteroatoms. The summed E-state index contributed by atoms with van der Waals surface area (Å²) < 4.78 is 34.3. The first-order valence-electron chi connectivity index (χ1n) is 10.4. The maximum atomic E-state index is 12.2. The van der Waals surface area contributed by atoms with E-state index in [0.29, 0.717) is 29.3 Å². The van der Waals surface area contributed by atoms with Crippen LogP contribution >= 0.6 is 0 Å². The lowest BCUT2D eigenvalue weighted by molar-refractivity contribution is 0.0170. The molecule has 1 saturated carbocycles. The Morgan fingerprint density at radius 2 is 1.76 bits per heavy atom. The average molecular weight is 424 g/mol. The molecule has 3 rings (SSSR count). The summed E-state index contributed by atoms with van der Waals surface area (Å²) in [7, 11) is -3.16. The first kappa shape index (κ1) is 22.1. The van der Waals surface area contributed by atoms with E-state index >= 15 is 0 Å². The molecule has 29 heavy (non-hydrogen) atoms. The van der Waals surface area contributed by atoms with Crippen molar-refractivity contribution in [3.63, 3.8) is 0 Å². The fourth-order valence-electron chi connectivity index (χ4n) is 4.04. The second-order valence-corrected chi connectivity index (χ2v) is 11.4. The van der Waals surface area contributed by atoms with Crippen molar-refractivity contribution < 1.29 is 22.7 Å². The van der Waals surface area contributed by atoms with Crippen LogP contribution in [0.15, 0.2) is 29.2 Å². The Balaban J connectivity index is 1.35. The molecule has 0 N–H and O–H groups in total. The first-order valence-corrected chi connectivity index (χ1v) is 12.3. The van der Waals surface area contributed by atoms with Gasteiger partial charge in [-0.3, -0.25) is 0 Å². The molecule has 2 aliphatic rings.